The zero-order chi connectivity index (χ0) is 21.3. The fourth-order valence-electron chi connectivity index (χ4n) is 3.36. The molecule has 3 heterocycles. The van der Waals surface area contributed by atoms with Crippen LogP contribution in [0, 0.1) is 0 Å². The Morgan fingerprint density at radius 1 is 1.17 bits per heavy atom. The molecule has 0 spiro atoms. The predicted octanol–water partition coefficient (Wildman–Crippen LogP) is 1.22. The molecule has 0 saturated carbocycles. The van der Waals surface area contributed by atoms with Gasteiger partial charge in [0.05, 0.1) is 29.4 Å². The van der Waals surface area contributed by atoms with Crippen LogP contribution in [-0.4, -0.2) is 53.9 Å². The number of rotatable bonds is 4. The van der Waals surface area contributed by atoms with Crippen molar-refractivity contribution in [2.45, 2.75) is 11.0 Å². The predicted molar refractivity (Wildman–Crippen MR) is 111 cm³/mol. The van der Waals surface area contributed by atoms with E-state index in [1.54, 1.807) is 37.5 Å². The lowest BCUT2D eigenvalue weighted by atomic mass is 10.1. The zero-order valence-electron chi connectivity index (χ0n) is 16.6. The minimum atomic E-state index is -3.32. The van der Waals surface area contributed by atoms with Gasteiger partial charge in [0.2, 0.25) is 5.95 Å². The van der Waals surface area contributed by atoms with E-state index in [2.05, 4.69) is 15.0 Å². The van der Waals surface area contributed by atoms with Gasteiger partial charge in [-0.25, -0.2) is 23.4 Å². The van der Waals surface area contributed by atoms with Crippen LogP contribution in [0.25, 0.3) is 11.4 Å². The van der Waals surface area contributed by atoms with Crippen LogP contribution in [0.5, 0.6) is 0 Å². The van der Waals surface area contributed by atoms with Gasteiger partial charge >= 0.3 is 0 Å². The number of hydrogen-bond donors (Lipinski definition) is 0. The van der Waals surface area contributed by atoms with E-state index in [0.29, 0.717) is 37.0 Å². The zero-order valence-corrected chi connectivity index (χ0v) is 17.4. The Morgan fingerprint density at radius 2 is 2.00 bits per heavy atom. The fraction of sp³-hybridized carbons (Fsp3) is 0.300. The van der Waals surface area contributed by atoms with Crippen molar-refractivity contribution in [2.75, 3.05) is 30.9 Å². The molecule has 0 amide bonds. The van der Waals surface area contributed by atoms with Crippen LogP contribution in [0.4, 0.5) is 5.95 Å². The number of nitrogens with zero attached hydrogens (tertiary/aromatic N) is 5. The third-order valence-corrected chi connectivity index (χ3v) is 6.07. The van der Waals surface area contributed by atoms with E-state index in [4.69, 9.17) is 4.74 Å². The number of aromatic nitrogens is 4. The van der Waals surface area contributed by atoms with Gasteiger partial charge in [-0.3, -0.25) is 9.36 Å². The Morgan fingerprint density at radius 3 is 2.73 bits per heavy atom. The van der Waals surface area contributed by atoms with Gasteiger partial charge in [0.15, 0.2) is 9.84 Å². The Balaban J connectivity index is 1.67. The minimum Gasteiger partial charge on any atom is -0.370 e. The second kappa shape index (κ2) is 7.96. The average Bonchev–Trinajstić information content (AvgIpc) is 2.76. The molecule has 1 aliphatic heterocycles. The molecular formula is C20H21N5O4S. The topological polar surface area (TPSA) is 107 Å². The highest BCUT2D eigenvalue weighted by Crippen LogP contribution is 2.27. The number of benzene rings is 1. The van der Waals surface area contributed by atoms with E-state index < -0.39 is 9.84 Å². The van der Waals surface area contributed by atoms with Crippen molar-refractivity contribution >= 4 is 15.8 Å². The van der Waals surface area contributed by atoms with Gasteiger partial charge in [0, 0.05) is 32.1 Å². The second-order valence-corrected chi connectivity index (χ2v) is 9.10. The maximum atomic E-state index is 12.5. The summed E-state index contributed by atoms with van der Waals surface area (Å²) in [6.45, 7) is 1.40. The van der Waals surface area contributed by atoms with Crippen molar-refractivity contribution < 1.29 is 13.2 Å². The van der Waals surface area contributed by atoms with Gasteiger partial charge in [-0.1, -0.05) is 12.1 Å². The number of hydrogen-bond acceptors (Lipinski definition) is 8. The molecule has 0 aliphatic carbocycles. The van der Waals surface area contributed by atoms with Gasteiger partial charge in [-0.15, -0.1) is 0 Å². The Bertz CT molecular complexity index is 1230. The maximum Gasteiger partial charge on any atom is 0.255 e. The van der Waals surface area contributed by atoms with Gasteiger partial charge in [0.1, 0.15) is 12.4 Å². The molecule has 3 aromatic rings. The molecule has 30 heavy (non-hydrogen) atoms. The third kappa shape index (κ3) is 4.10. The minimum absolute atomic E-state index is 0.198. The molecule has 1 aromatic carbocycles. The van der Waals surface area contributed by atoms with Crippen molar-refractivity contribution in [2.24, 2.45) is 7.05 Å². The highest BCUT2D eigenvalue weighted by Gasteiger charge is 2.26. The number of sulfone groups is 1. The van der Waals surface area contributed by atoms with Crippen molar-refractivity contribution in [1.29, 1.82) is 0 Å². The molecule has 10 heteroatoms. The first kappa shape index (κ1) is 20.2. The summed E-state index contributed by atoms with van der Waals surface area (Å²) in [7, 11) is -1.65. The molecule has 0 N–H and O–H groups in total. The van der Waals surface area contributed by atoms with Crippen LogP contribution in [0.1, 0.15) is 11.7 Å². The monoisotopic (exact) mass is 427 g/mol. The number of morpholine rings is 1. The van der Waals surface area contributed by atoms with E-state index in [0.717, 1.165) is 5.56 Å². The number of anilines is 1. The summed E-state index contributed by atoms with van der Waals surface area (Å²) in [5.41, 5.74) is 1.60. The molecule has 1 fully saturated rings. The first-order valence-electron chi connectivity index (χ1n) is 9.34. The average molecular weight is 427 g/mol. The molecule has 4 rings (SSSR count). The quantitative estimate of drug-likeness (QED) is 0.612. The normalized spacial score (nSPS) is 17.1. The molecule has 2 aromatic heterocycles. The Hall–Kier alpha value is -3.11. The summed E-state index contributed by atoms with van der Waals surface area (Å²) >= 11 is 0. The van der Waals surface area contributed by atoms with Crippen molar-refractivity contribution in [3.05, 3.63) is 64.8 Å². The van der Waals surface area contributed by atoms with Crippen molar-refractivity contribution in [3.63, 3.8) is 0 Å². The smallest absolute Gasteiger partial charge is 0.255 e. The second-order valence-electron chi connectivity index (χ2n) is 7.08. The maximum absolute atomic E-state index is 12.5. The summed E-state index contributed by atoms with van der Waals surface area (Å²) in [4.78, 5) is 27.5. The van der Waals surface area contributed by atoms with Gasteiger partial charge in [-0.05, 0) is 23.8 Å². The van der Waals surface area contributed by atoms with Crippen molar-refractivity contribution in [1.82, 2.24) is 19.5 Å². The SMILES string of the molecule is Cn1c(N2CCOC(c3cccc(S(C)(=O)=O)c3)C2)nc(-c2ccncn2)cc1=O. The molecule has 9 nitrogen and oxygen atoms in total. The van der Waals surface area contributed by atoms with Crippen LogP contribution in [0.3, 0.4) is 0 Å². The van der Waals surface area contributed by atoms with Crippen LogP contribution < -0.4 is 10.5 Å². The largest absolute Gasteiger partial charge is 0.370 e. The van der Waals surface area contributed by atoms with Gasteiger partial charge in [0.25, 0.3) is 5.56 Å². The Kier molecular flexibility index (Phi) is 5.35. The summed E-state index contributed by atoms with van der Waals surface area (Å²) in [6.07, 6.45) is 3.84. The first-order valence-corrected chi connectivity index (χ1v) is 11.2. The van der Waals surface area contributed by atoms with E-state index in [1.165, 1.54) is 23.2 Å². The van der Waals surface area contributed by atoms with E-state index in [9.17, 15) is 13.2 Å². The van der Waals surface area contributed by atoms with E-state index >= 15 is 0 Å². The summed E-state index contributed by atoms with van der Waals surface area (Å²) in [6, 6.07) is 9.89. The molecule has 1 aliphatic rings. The number of ether oxygens (including phenoxy) is 1. The highest BCUT2D eigenvalue weighted by atomic mass is 32.2. The standard InChI is InChI=1S/C20H21N5O4S/c1-24-19(26)11-17(16-6-7-21-13-22-16)23-20(24)25-8-9-29-18(12-25)14-4-3-5-15(10-14)30(2,27)28/h3-7,10-11,13,18H,8-9,12H2,1-2H3. The van der Waals surface area contributed by atoms with E-state index in [1.807, 2.05) is 11.0 Å². The lowest BCUT2D eigenvalue weighted by Gasteiger charge is -2.34. The van der Waals surface area contributed by atoms with E-state index in [-0.39, 0.29) is 16.6 Å². The van der Waals surface area contributed by atoms with Crippen LogP contribution in [0.15, 0.2) is 58.6 Å². The molecule has 0 bridgehead atoms. The molecule has 0 radical (unpaired) electrons. The van der Waals surface area contributed by atoms with Crippen molar-refractivity contribution in [3.8, 4) is 11.4 Å². The lowest BCUT2D eigenvalue weighted by molar-refractivity contribution is 0.0388. The lowest BCUT2D eigenvalue weighted by Crippen LogP contribution is -2.41. The van der Waals surface area contributed by atoms with Gasteiger partial charge in [-0.2, -0.15) is 0 Å². The molecule has 1 atom stereocenters. The molecule has 1 unspecified atom stereocenters. The first-order chi connectivity index (χ1) is 14.3. The van der Waals surface area contributed by atoms with Crippen LogP contribution >= 0.6 is 0 Å². The fourth-order valence-corrected chi connectivity index (χ4v) is 4.04. The molecule has 1 saturated heterocycles. The van der Waals surface area contributed by atoms with Gasteiger partial charge < -0.3 is 9.64 Å². The molecular weight excluding hydrogens is 406 g/mol. The molecule has 156 valence electrons. The third-order valence-electron chi connectivity index (χ3n) is 4.96. The van der Waals surface area contributed by atoms with Crippen LogP contribution in [0.2, 0.25) is 0 Å². The Labute approximate surface area is 173 Å². The summed E-state index contributed by atoms with van der Waals surface area (Å²) < 4.78 is 31.2. The summed E-state index contributed by atoms with van der Waals surface area (Å²) in [5, 5.41) is 0. The van der Waals surface area contributed by atoms with Crippen LogP contribution in [-0.2, 0) is 21.6 Å². The highest BCUT2D eigenvalue weighted by molar-refractivity contribution is 7.90. The summed E-state index contributed by atoms with van der Waals surface area (Å²) in [5.74, 6) is 0.503.